The van der Waals surface area contributed by atoms with Gasteiger partial charge < -0.3 is 0 Å². The predicted molar refractivity (Wildman–Crippen MR) is 67.6 cm³/mol. The highest BCUT2D eigenvalue weighted by Crippen LogP contribution is 2.15. The van der Waals surface area contributed by atoms with Crippen LogP contribution in [-0.2, 0) is 0 Å². The van der Waals surface area contributed by atoms with Gasteiger partial charge in [-0.25, -0.2) is 4.39 Å². The first-order chi connectivity index (χ1) is 7.50. The largest absolute Gasteiger partial charge is 0.293 e. The van der Waals surface area contributed by atoms with Crippen LogP contribution < -0.4 is 0 Å². The molecule has 0 unspecified atom stereocenters. The maximum absolute atomic E-state index is 13.4. The molecule has 0 aliphatic carbocycles. The van der Waals surface area contributed by atoms with E-state index in [1.807, 2.05) is 6.92 Å². The third-order valence-electron chi connectivity index (χ3n) is 2.11. The van der Waals surface area contributed by atoms with Crippen molar-refractivity contribution in [2.24, 2.45) is 5.92 Å². The first kappa shape index (κ1) is 13.2. The molecule has 0 fully saturated rings. The molecule has 0 spiro atoms. The van der Waals surface area contributed by atoms with E-state index >= 15 is 0 Å². The highest BCUT2D eigenvalue weighted by Gasteiger charge is 2.11. The second kappa shape index (κ2) is 6.04. The average Bonchev–Trinajstić information content (AvgIpc) is 2.21. The van der Waals surface area contributed by atoms with Crippen LogP contribution in [0, 0.1) is 18.7 Å². The molecule has 3 heteroatoms. The van der Waals surface area contributed by atoms with Crippen LogP contribution in [0.15, 0.2) is 18.2 Å². The predicted octanol–water partition coefficient (Wildman–Crippen LogP) is 3.71. The Bertz CT molecular complexity index is 374. The Morgan fingerprint density at radius 1 is 1.44 bits per heavy atom. The van der Waals surface area contributed by atoms with Crippen molar-refractivity contribution in [3.8, 4) is 0 Å². The van der Waals surface area contributed by atoms with Gasteiger partial charge in [0, 0.05) is 0 Å². The molecule has 0 aliphatic heterocycles. The van der Waals surface area contributed by atoms with Gasteiger partial charge in [-0.05, 0) is 30.7 Å². The van der Waals surface area contributed by atoms with Crippen molar-refractivity contribution in [1.29, 1.82) is 0 Å². The smallest absolute Gasteiger partial charge is 0.175 e. The van der Waals surface area contributed by atoms with E-state index in [2.05, 4.69) is 13.8 Å². The SMILES string of the molecule is Cc1ccc(F)c(C(=O)CSCC(C)C)c1. The molecule has 0 heterocycles. The van der Waals surface area contributed by atoms with Gasteiger partial charge in [-0.1, -0.05) is 25.5 Å². The number of hydrogen-bond acceptors (Lipinski definition) is 2. The molecule has 0 saturated carbocycles. The van der Waals surface area contributed by atoms with E-state index in [1.165, 1.54) is 6.07 Å². The highest BCUT2D eigenvalue weighted by molar-refractivity contribution is 7.99. The van der Waals surface area contributed by atoms with Crippen LogP contribution in [0.1, 0.15) is 29.8 Å². The molecule has 1 aromatic carbocycles. The number of halogens is 1. The molecule has 1 aromatic rings. The molecule has 16 heavy (non-hydrogen) atoms. The van der Waals surface area contributed by atoms with Crippen LogP contribution in [0.25, 0.3) is 0 Å². The van der Waals surface area contributed by atoms with Crippen molar-refractivity contribution < 1.29 is 9.18 Å². The Kier molecular flexibility index (Phi) is 5.00. The Morgan fingerprint density at radius 3 is 2.75 bits per heavy atom. The van der Waals surface area contributed by atoms with Gasteiger partial charge >= 0.3 is 0 Å². The van der Waals surface area contributed by atoms with Crippen LogP contribution in [0.2, 0.25) is 0 Å². The zero-order valence-corrected chi connectivity index (χ0v) is 10.7. The summed E-state index contributed by atoms with van der Waals surface area (Å²) >= 11 is 1.56. The number of rotatable bonds is 5. The van der Waals surface area contributed by atoms with Crippen molar-refractivity contribution in [2.75, 3.05) is 11.5 Å². The first-order valence-corrected chi connectivity index (χ1v) is 6.53. The number of aryl methyl sites for hydroxylation is 1. The van der Waals surface area contributed by atoms with Crippen LogP contribution >= 0.6 is 11.8 Å². The fourth-order valence-electron chi connectivity index (χ4n) is 1.32. The summed E-state index contributed by atoms with van der Waals surface area (Å²) in [7, 11) is 0. The van der Waals surface area contributed by atoms with Crippen molar-refractivity contribution >= 4 is 17.5 Å². The topological polar surface area (TPSA) is 17.1 Å². The third-order valence-corrected chi connectivity index (χ3v) is 3.48. The minimum atomic E-state index is -0.416. The molecule has 88 valence electrons. The fraction of sp³-hybridized carbons (Fsp3) is 0.462. The lowest BCUT2D eigenvalue weighted by Gasteiger charge is -2.05. The van der Waals surface area contributed by atoms with Gasteiger partial charge in [-0.15, -0.1) is 0 Å². The van der Waals surface area contributed by atoms with Gasteiger partial charge in [0.25, 0.3) is 0 Å². The third kappa shape index (κ3) is 3.97. The first-order valence-electron chi connectivity index (χ1n) is 5.37. The molecule has 0 radical (unpaired) electrons. The molecule has 0 aliphatic rings. The Morgan fingerprint density at radius 2 is 2.12 bits per heavy atom. The molecule has 1 rings (SSSR count). The molecule has 0 saturated heterocycles. The van der Waals surface area contributed by atoms with Crippen LogP contribution in [0.3, 0.4) is 0 Å². The van der Waals surface area contributed by atoms with Crippen LogP contribution in [0.4, 0.5) is 4.39 Å². The Balaban J connectivity index is 2.62. The van der Waals surface area contributed by atoms with E-state index in [4.69, 9.17) is 0 Å². The molecule has 0 atom stereocenters. The van der Waals surface area contributed by atoms with Crippen molar-refractivity contribution in [1.82, 2.24) is 0 Å². The number of Topliss-reactive ketones (excluding diaryl/α,β-unsaturated/α-hetero) is 1. The number of benzene rings is 1. The minimum Gasteiger partial charge on any atom is -0.293 e. The molecular formula is C13H17FOS. The van der Waals surface area contributed by atoms with E-state index < -0.39 is 5.82 Å². The number of thioether (sulfide) groups is 1. The molecule has 1 nitrogen and oxygen atoms in total. The summed E-state index contributed by atoms with van der Waals surface area (Å²) in [5.41, 5.74) is 1.13. The number of hydrogen-bond donors (Lipinski definition) is 0. The van der Waals surface area contributed by atoms with E-state index in [0.29, 0.717) is 11.7 Å². The second-order valence-corrected chi connectivity index (χ2v) is 5.35. The molecule has 0 N–H and O–H groups in total. The average molecular weight is 240 g/mol. The van der Waals surface area contributed by atoms with Crippen molar-refractivity contribution in [2.45, 2.75) is 20.8 Å². The Hall–Kier alpha value is -0.830. The second-order valence-electron chi connectivity index (χ2n) is 4.32. The monoisotopic (exact) mass is 240 g/mol. The quantitative estimate of drug-likeness (QED) is 0.730. The summed E-state index contributed by atoms with van der Waals surface area (Å²) in [5.74, 6) is 1.31. The molecule has 0 aromatic heterocycles. The summed E-state index contributed by atoms with van der Waals surface area (Å²) in [4.78, 5) is 11.7. The zero-order valence-electron chi connectivity index (χ0n) is 9.92. The minimum absolute atomic E-state index is 0.119. The van der Waals surface area contributed by atoms with Crippen LogP contribution in [-0.4, -0.2) is 17.3 Å². The summed E-state index contributed by atoms with van der Waals surface area (Å²) in [6.07, 6.45) is 0. The number of ketones is 1. The zero-order chi connectivity index (χ0) is 12.1. The van der Waals surface area contributed by atoms with Gasteiger partial charge in [0.15, 0.2) is 5.78 Å². The van der Waals surface area contributed by atoms with E-state index in [0.717, 1.165) is 11.3 Å². The van der Waals surface area contributed by atoms with Gasteiger partial charge in [-0.2, -0.15) is 11.8 Å². The maximum atomic E-state index is 13.4. The van der Waals surface area contributed by atoms with Crippen molar-refractivity contribution in [3.05, 3.63) is 35.1 Å². The van der Waals surface area contributed by atoms with Gasteiger partial charge in [-0.3, -0.25) is 4.79 Å². The highest BCUT2D eigenvalue weighted by atomic mass is 32.2. The molecular weight excluding hydrogens is 223 g/mol. The van der Waals surface area contributed by atoms with Gasteiger partial charge in [0.1, 0.15) is 5.82 Å². The summed E-state index contributed by atoms with van der Waals surface area (Å²) in [6.45, 7) is 6.06. The lowest BCUT2D eigenvalue weighted by Crippen LogP contribution is -2.07. The van der Waals surface area contributed by atoms with E-state index in [9.17, 15) is 9.18 Å². The lowest BCUT2D eigenvalue weighted by molar-refractivity contribution is 0.101. The van der Waals surface area contributed by atoms with E-state index in [1.54, 1.807) is 23.9 Å². The molecule has 0 bridgehead atoms. The summed E-state index contributed by atoms with van der Waals surface area (Å²) < 4.78 is 13.4. The summed E-state index contributed by atoms with van der Waals surface area (Å²) in [5, 5.41) is 0. The van der Waals surface area contributed by atoms with Crippen LogP contribution in [0.5, 0.6) is 0 Å². The Labute approximate surface area is 100 Å². The number of carbonyl (C=O) groups excluding carboxylic acids is 1. The van der Waals surface area contributed by atoms with Gasteiger partial charge in [0.2, 0.25) is 0 Å². The normalized spacial score (nSPS) is 10.8. The lowest BCUT2D eigenvalue weighted by atomic mass is 10.1. The van der Waals surface area contributed by atoms with Gasteiger partial charge in [0.05, 0.1) is 11.3 Å². The maximum Gasteiger partial charge on any atom is 0.175 e. The van der Waals surface area contributed by atoms with Crippen molar-refractivity contribution in [3.63, 3.8) is 0 Å². The molecule has 0 amide bonds. The number of carbonyl (C=O) groups is 1. The fourth-order valence-corrected chi connectivity index (χ4v) is 2.25. The standard InChI is InChI=1S/C13H17FOS/c1-9(2)7-16-8-13(15)11-6-10(3)4-5-12(11)14/h4-6,9H,7-8H2,1-3H3. The van der Waals surface area contributed by atoms with E-state index in [-0.39, 0.29) is 11.3 Å². The summed E-state index contributed by atoms with van der Waals surface area (Å²) in [6, 6.07) is 4.65.